The van der Waals surface area contributed by atoms with Gasteiger partial charge >= 0.3 is 12.0 Å². The first-order valence-corrected chi connectivity index (χ1v) is 5.69. The Balaban J connectivity index is 4.27. The summed E-state index contributed by atoms with van der Waals surface area (Å²) in [4.78, 5) is 23.8. The number of nitrogens with one attached hydrogen (secondary N) is 1. The predicted molar refractivity (Wildman–Crippen MR) is 62.3 cm³/mol. The highest BCUT2D eigenvalue weighted by Gasteiger charge is 2.17. The van der Waals surface area contributed by atoms with E-state index in [0.29, 0.717) is 19.5 Å². The van der Waals surface area contributed by atoms with Gasteiger partial charge in [0.1, 0.15) is 0 Å². The van der Waals surface area contributed by atoms with E-state index in [1.807, 2.05) is 19.9 Å². The van der Waals surface area contributed by atoms with Gasteiger partial charge in [-0.05, 0) is 13.3 Å². The Bertz CT molecular complexity index is 299. The number of hydrogen-bond acceptors (Lipinski definition) is 3. The number of carboxylic acids is 1. The third-order valence-electron chi connectivity index (χ3n) is 2.40. The average molecular weight is 241 g/mol. The zero-order valence-electron chi connectivity index (χ0n) is 10.3. The number of aliphatic carboxylic acids is 1. The van der Waals surface area contributed by atoms with E-state index in [1.165, 1.54) is 4.90 Å². The van der Waals surface area contributed by atoms with Gasteiger partial charge in [0, 0.05) is 19.1 Å². The zero-order chi connectivity index (χ0) is 13.3. The number of carbonyl (C=O) groups excluding carboxylic acids is 1. The number of nitriles is 1. The molecule has 0 radical (unpaired) electrons. The summed E-state index contributed by atoms with van der Waals surface area (Å²) in [7, 11) is 0. The van der Waals surface area contributed by atoms with E-state index in [0.717, 1.165) is 0 Å². The molecule has 17 heavy (non-hydrogen) atoms. The second-order valence-corrected chi connectivity index (χ2v) is 3.64. The molecular weight excluding hydrogens is 222 g/mol. The molecule has 2 amide bonds. The van der Waals surface area contributed by atoms with Crippen molar-refractivity contribution in [2.24, 2.45) is 0 Å². The first-order chi connectivity index (χ1) is 8.04. The number of amides is 2. The minimum atomic E-state index is -0.933. The number of rotatable bonds is 7. The van der Waals surface area contributed by atoms with Gasteiger partial charge in [0.2, 0.25) is 0 Å². The molecule has 1 unspecified atom stereocenters. The van der Waals surface area contributed by atoms with Crippen LogP contribution >= 0.6 is 0 Å². The molecule has 2 N–H and O–H groups in total. The summed E-state index contributed by atoms with van der Waals surface area (Å²) < 4.78 is 0. The van der Waals surface area contributed by atoms with Gasteiger partial charge in [0.25, 0.3) is 0 Å². The fourth-order valence-corrected chi connectivity index (χ4v) is 1.36. The van der Waals surface area contributed by atoms with Crippen molar-refractivity contribution in [1.29, 1.82) is 5.26 Å². The van der Waals surface area contributed by atoms with Gasteiger partial charge in [-0.25, -0.2) is 4.79 Å². The SMILES string of the molecule is CCC(CC(=O)O)NC(=O)N(CC)CCC#N. The topological polar surface area (TPSA) is 93.4 Å². The standard InChI is InChI=1S/C11H19N3O3/c1-3-9(8-10(15)16)13-11(17)14(4-2)7-5-6-12/h9H,3-5,7-8H2,1-2H3,(H,13,17)(H,15,16). The molecule has 0 rings (SSSR count). The van der Waals surface area contributed by atoms with Crippen molar-refractivity contribution in [2.45, 2.75) is 39.2 Å². The van der Waals surface area contributed by atoms with E-state index in [9.17, 15) is 9.59 Å². The largest absolute Gasteiger partial charge is 0.481 e. The Morgan fingerprint density at radius 1 is 1.47 bits per heavy atom. The Kier molecular flexibility index (Phi) is 7.52. The monoisotopic (exact) mass is 241 g/mol. The third-order valence-corrected chi connectivity index (χ3v) is 2.40. The van der Waals surface area contributed by atoms with Gasteiger partial charge in [-0.2, -0.15) is 5.26 Å². The minimum Gasteiger partial charge on any atom is -0.481 e. The van der Waals surface area contributed by atoms with Crippen LogP contribution in [0.3, 0.4) is 0 Å². The highest BCUT2D eigenvalue weighted by atomic mass is 16.4. The van der Waals surface area contributed by atoms with Crippen LogP contribution in [0.4, 0.5) is 4.79 Å². The van der Waals surface area contributed by atoms with Crippen molar-refractivity contribution < 1.29 is 14.7 Å². The molecule has 0 aliphatic rings. The van der Waals surface area contributed by atoms with Crippen molar-refractivity contribution in [3.8, 4) is 6.07 Å². The number of carboxylic acid groups (broad SMARTS) is 1. The Hall–Kier alpha value is -1.77. The van der Waals surface area contributed by atoms with Crippen LogP contribution in [0.2, 0.25) is 0 Å². The first kappa shape index (κ1) is 15.2. The molecule has 0 aliphatic heterocycles. The second kappa shape index (κ2) is 8.39. The van der Waals surface area contributed by atoms with Crippen molar-refractivity contribution in [3.05, 3.63) is 0 Å². The summed E-state index contributed by atoms with van der Waals surface area (Å²) in [5.74, 6) is -0.933. The Morgan fingerprint density at radius 2 is 2.12 bits per heavy atom. The lowest BCUT2D eigenvalue weighted by Gasteiger charge is -2.23. The van der Waals surface area contributed by atoms with E-state index in [-0.39, 0.29) is 24.9 Å². The lowest BCUT2D eigenvalue weighted by Crippen LogP contribution is -2.45. The van der Waals surface area contributed by atoms with Gasteiger partial charge in [0.15, 0.2) is 0 Å². The molecule has 0 aromatic carbocycles. The summed E-state index contributed by atoms with van der Waals surface area (Å²) in [5, 5.41) is 19.8. The summed E-state index contributed by atoms with van der Waals surface area (Å²) >= 11 is 0. The second-order valence-electron chi connectivity index (χ2n) is 3.64. The van der Waals surface area contributed by atoms with Crippen LogP contribution in [0.15, 0.2) is 0 Å². The molecule has 0 spiro atoms. The molecule has 0 saturated heterocycles. The van der Waals surface area contributed by atoms with Crippen LogP contribution < -0.4 is 5.32 Å². The number of carbonyl (C=O) groups is 2. The summed E-state index contributed by atoms with van der Waals surface area (Å²) in [6.07, 6.45) is 0.753. The van der Waals surface area contributed by atoms with Gasteiger partial charge < -0.3 is 15.3 Å². The maximum absolute atomic E-state index is 11.7. The van der Waals surface area contributed by atoms with E-state index in [1.54, 1.807) is 0 Å². The van der Waals surface area contributed by atoms with Gasteiger partial charge in [-0.1, -0.05) is 6.92 Å². The maximum atomic E-state index is 11.7. The predicted octanol–water partition coefficient (Wildman–Crippen LogP) is 1.18. The summed E-state index contributed by atoms with van der Waals surface area (Å²) in [6.45, 7) is 4.49. The normalized spacial score (nSPS) is 11.4. The lowest BCUT2D eigenvalue weighted by molar-refractivity contribution is -0.137. The quantitative estimate of drug-likeness (QED) is 0.700. The van der Waals surface area contributed by atoms with E-state index in [2.05, 4.69) is 5.32 Å². The lowest BCUT2D eigenvalue weighted by atomic mass is 10.1. The molecule has 0 aliphatic carbocycles. The van der Waals surface area contributed by atoms with Crippen LogP contribution in [0.1, 0.15) is 33.1 Å². The molecule has 1 atom stereocenters. The molecule has 6 nitrogen and oxygen atoms in total. The van der Waals surface area contributed by atoms with Gasteiger partial charge in [-0.15, -0.1) is 0 Å². The van der Waals surface area contributed by atoms with Crippen molar-refractivity contribution in [1.82, 2.24) is 10.2 Å². The van der Waals surface area contributed by atoms with Crippen molar-refractivity contribution >= 4 is 12.0 Å². The molecular formula is C11H19N3O3. The summed E-state index contributed by atoms with van der Waals surface area (Å²) in [6, 6.07) is 1.30. The maximum Gasteiger partial charge on any atom is 0.317 e. The first-order valence-electron chi connectivity index (χ1n) is 5.69. The minimum absolute atomic E-state index is 0.0853. The fraction of sp³-hybridized carbons (Fsp3) is 0.727. The van der Waals surface area contributed by atoms with Crippen molar-refractivity contribution in [3.63, 3.8) is 0 Å². The summed E-state index contributed by atoms with van der Waals surface area (Å²) in [5.41, 5.74) is 0. The number of nitrogens with zero attached hydrogens (tertiary/aromatic N) is 2. The smallest absolute Gasteiger partial charge is 0.317 e. The van der Waals surface area contributed by atoms with Crippen LogP contribution in [-0.2, 0) is 4.79 Å². The molecule has 96 valence electrons. The molecule has 0 bridgehead atoms. The zero-order valence-corrected chi connectivity index (χ0v) is 10.3. The van der Waals surface area contributed by atoms with Gasteiger partial charge in [-0.3, -0.25) is 4.79 Å². The van der Waals surface area contributed by atoms with E-state index in [4.69, 9.17) is 10.4 Å². The van der Waals surface area contributed by atoms with Crippen LogP contribution in [0, 0.1) is 11.3 Å². The molecule has 0 saturated carbocycles. The molecule has 0 fully saturated rings. The average Bonchev–Trinajstić information content (AvgIpc) is 2.28. The number of urea groups is 1. The Morgan fingerprint density at radius 3 is 2.53 bits per heavy atom. The number of hydrogen-bond donors (Lipinski definition) is 2. The van der Waals surface area contributed by atoms with Crippen molar-refractivity contribution in [2.75, 3.05) is 13.1 Å². The highest BCUT2D eigenvalue weighted by Crippen LogP contribution is 2.00. The molecule has 0 aromatic heterocycles. The Labute approximate surface area is 101 Å². The van der Waals surface area contributed by atoms with Crippen LogP contribution in [-0.4, -0.2) is 41.1 Å². The third kappa shape index (κ3) is 6.40. The van der Waals surface area contributed by atoms with Crippen LogP contribution in [0.5, 0.6) is 0 Å². The van der Waals surface area contributed by atoms with E-state index >= 15 is 0 Å². The molecule has 0 heterocycles. The van der Waals surface area contributed by atoms with Gasteiger partial charge in [0.05, 0.1) is 18.9 Å². The van der Waals surface area contributed by atoms with E-state index < -0.39 is 5.97 Å². The van der Waals surface area contributed by atoms with Crippen LogP contribution in [0.25, 0.3) is 0 Å². The molecule has 0 aromatic rings. The molecule has 6 heteroatoms. The fourth-order valence-electron chi connectivity index (χ4n) is 1.36. The highest BCUT2D eigenvalue weighted by molar-refractivity contribution is 5.75.